The topological polar surface area (TPSA) is 4.41 Å². The number of pyridine rings is 1. The number of nitrogens with zero attached hydrogens (tertiary/aromatic N) is 1. The lowest BCUT2D eigenvalue weighted by Gasteiger charge is -2.22. The van der Waals surface area contributed by atoms with Crippen LogP contribution in [-0.2, 0) is 0 Å². The van der Waals surface area contributed by atoms with Crippen LogP contribution in [-0.4, -0.2) is 14.9 Å². The number of thioether (sulfide) groups is 2. The van der Waals surface area contributed by atoms with Crippen molar-refractivity contribution in [1.82, 2.24) is 4.40 Å². The van der Waals surface area contributed by atoms with Gasteiger partial charge < -0.3 is 4.40 Å². The second-order valence-electron chi connectivity index (χ2n) is 8.59. The van der Waals surface area contributed by atoms with Gasteiger partial charge >= 0.3 is 0 Å². The van der Waals surface area contributed by atoms with Crippen LogP contribution in [0.25, 0.3) is 16.6 Å². The molecule has 0 N–H and O–H groups in total. The summed E-state index contributed by atoms with van der Waals surface area (Å²) in [6.07, 6.45) is 16.2. The smallest absolute Gasteiger partial charge is 0.0888 e. The third kappa shape index (κ3) is 4.27. The average molecular weight is 422 g/mol. The molecule has 29 heavy (non-hydrogen) atoms. The zero-order valence-electron chi connectivity index (χ0n) is 17.2. The SMILES string of the molecule is c1ccc(-c2c(SC3CCCCC3)c3ccccn3c2SC2CCCCC2)cc1. The van der Waals surface area contributed by atoms with Gasteiger partial charge in [0, 0.05) is 27.2 Å². The lowest BCUT2D eigenvalue weighted by molar-refractivity contribution is 0.515. The Morgan fingerprint density at radius 3 is 1.97 bits per heavy atom. The Morgan fingerprint density at radius 1 is 0.655 bits per heavy atom. The summed E-state index contributed by atoms with van der Waals surface area (Å²) in [5.74, 6) is 0. The molecule has 2 aliphatic carbocycles. The molecular formula is C26H31NS2. The maximum absolute atomic E-state index is 2.49. The van der Waals surface area contributed by atoms with Crippen LogP contribution >= 0.6 is 23.5 Å². The molecule has 0 bridgehead atoms. The van der Waals surface area contributed by atoms with Gasteiger partial charge in [-0.2, -0.15) is 0 Å². The molecule has 5 rings (SSSR count). The summed E-state index contributed by atoms with van der Waals surface area (Å²) in [5, 5.41) is 3.00. The van der Waals surface area contributed by atoms with E-state index in [0.29, 0.717) is 0 Å². The summed E-state index contributed by atoms with van der Waals surface area (Å²) in [4.78, 5) is 1.52. The van der Waals surface area contributed by atoms with E-state index in [1.165, 1.54) is 90.8 Å². The molecular weight excluding hydrogens is 390 g/mol. The van der Waals surface area contributed by atoms with Crippen molar-refractivity contribution in [3.8, 4) is 11.1 Å². The molecule has 0 unspecified atom stereocenters. The van der Waals surface area contributed by atoms with Gasteiger partial charge in [0.15, 0.2) is 0 Å². The van der Waals surface area contributed by atoms with Gasteiger partial charge in [0.1, 0.15) is 0 Å². The van der Waals surface area contributed by atoms with Crippen LogP contribution in [0.3, 0.4) is 0 Å². The van der Waals surface area contributed by atoms with E-state index in [4.69, 9.17) is 0 Å². The standard InChI is InChI=1S/C26H31NS2/c1-4-12-20(13-5-1)24-25(28-21-14-6-2-7-15-21)23-18-10-11-19-27(23)26(24)29-22-16-8-3-9-17-22/h1,4-5,10-13,18-19,21-22H,2-3,6-9,14-17H2. The molecule has 2 saturated carbocycles. The van der Waals surface area contributed by atoms with Crippen molar-refractivity contribution in [2.24, 2.45) is 0 Å². The van der Waals surface area contributed by atoms with Crippen molar-refractivity contribution in [2.45, 2.75) is 84.6 Å². The largest absolute Gasteiger partial charge is 0.310 e. The van der Waals surface area contributed by atoms with Crippen LogP contribution in [0.2, 0.25) is 0 Å². The molecule has 0 aliphatic heterocycles. The van der Waals surface area contributed by atoms with Crippen LogP contribution < -0.4 is 0 Å². The van der Waals surface area contributed by atoms with Crippen molar-refractivity contribution < 1.29 is 0 Å². The predicted molar refractivity (Wildman–Crippen MR) is 128 cm³/mol. The quantitative estimate of drug-likeness (QED) is 0.407. The van der Waals surface area contributed by atoms with E-state index in [1.807, 2.05) is 0 Å². The lowest BCUT2D eigenvalue weighted by Crippen LogP contribution is -2.08. The first-order chi connectivity index (χ1) is 14.4. The van der Waals surface area contributed by atoms with Gasteiger partial charge in [-0.05, 0) is 43.4 Å². The fourth-order valence-corrected chi connectivity index (χ4v) is 8.02. The fraction of sp³-hybridized carbons (Fsp3) is 0.462. The third-order valence-electron chi connectivity index (χ3n) is 6.48. The van der Waals surface area contributed by atoms with E-state index in [9.17, 15) is 0 Å². The Kier molecular flexibility index (Phi) is 6.24. The van der Waals surface area contributed by atoms with Crippen molar-refractivity contribution >= 4 is 29.0 Å². The van der Waals surface area contributed by atoms with Gasteiger partial charge in [-0.3, -0.25) is 0 Å². The van der Waals surface area contributed by atoms with E-state index >= 15 is 0 Å². The summed E-state index contributed by atoms with van der Waals surface area (Å²) in [6, 6.07) is 17.9. The molecule has 3 heteroatoms. The molecule has 0 amide bonds. The maximum atomic E-state index is 2.49. The molecule has 2 aromatic heterocycles. The van der Waals surface area contributed by atoms with Crippen LogP contribution in [0.5, 0.6) is 0 Å². The highest BCUT2D eigenvalue weighted by Crippen LogP contribution is 2.49. The Balaban J connectivity index is 1.62. The highest BCUT2D eigenvalue weighted by atomic mass is 32.2. The van der Waals surface area contributed by atoms with Crippen molar-refractivity contribution in [3.63, 3.8) is 0 Å². The molecule has 0 spiro atoms. The van der Waals surface area contributed by atoms with Gasteiger partial charge in [0.25, 0.3) is 0 Å². The summed E-state index contributed by atoms with van der Waals surface area (Å²) >= 11 is 4.31. The van der Waals surface area contributed by atoms with Gasteiger partial charge in [-0.1, -0.05) is 74.9 Å². The molecule has 2 aliphatic rings. The highest BCUT2D eigenvalue weighted by molar-refractivity contribution is 8.01. The Hall–Kier alpha value is -1.32. The first kappa shape index (κ1) is 19.6. The lowest BCUT2D eigenvalue weighted by atomic mass is 10.0. The Labute approximate surface area is 183 Å². The molecule has 0 radical (unpaired) electrons. The number of rotatable bonds is 5. The van der Waals surface area contributed by atoms with Crippen LogP contribution in [0, 0.1) is 0 Å². The molecule has 2 fully saturated rings. The van der Waals surface area contributed by atoms with Gasteiger partial charge in [0.2, 0.25) is 0 Å². The molecule has 3 aromatic rings. The van der Waals surface area contributed by atoms with E-state index in [1.54, 1.807) is 0 Å². The Morgan fingerprint density at radius 2 is 1.28 bits per heavy atom. The highest BCUT2D eigenvalue weighted by Gasteiger charge is 2.26. The molecule has 0 atom stereocenters. The minimum atomic E-state index is 0.761. The number of aromatic nitrogens is 1. The summed E-state index contributed by atoms with van der Waals surface area (Å²) in [7, 11) is 0. The van der Waals surface area contributed by atoms with E-state index < -0.39 is 0 Å². The summed E-state index contributed by atoms with van der Waals surface area (Å²) < 4.78 is 2.49. The zero-order valence-corrected chi connectivity index (χ0v) is 18.8. The van der Waals surface area contributed by atoms with Crippen molar-refractivity contribution in [2.75, 3.05) is 0 Å². The normalized spacial score (nSPS) is 19.0. The van der Waals surface area contributed by atoms with E-state index in [0.717, 1.165) is 10.5 Å². The minimum Gasteiger partial charge on any atom is -0.310 e. The fourth-order valence-electron chi connectivity index (χ4n) is 4.94. The molecule has 2 heterocycles. The number of fused-ring (bicyclic) bond motifs is 1. The monoisotopic (exact) mass is 421 g/mol. The van der Waals surface area contributed by atoms with Crippen molar-refractivity contribution in [3.05, 3.63) is 54.7 Å². The van der Waals surface area contributed by atoms with Crippen LogP contribution in [0.15, 0.2) is 64.6 Å². The average Bonchev–Trinajstić information content (AvgIpc) is 3.09. The van der Waals surface area contributed by atoms with Crippen molar-refractivity contribution in [1.29, 1.82) is 0 Å². The summed E-state index contributed by atoms with van der Waals surface area (Å²) in [6.45, 7) is 0. The predicted octanol–water partition coefficient (Wildman–Crippen LogP) is 8.46. The van der Waals surface area contributed by atoms with Gasteiger partial charge in [-0.15, -0.1) is 23.5 Å². The van der Waals surface area contributed by atoms with E-state index in [-0.39, 0.29) is 0 Å². The van der Waals surface area contributed by atoms with Gasteiger partial charge in [-0.25, -0.2) is 0 Å². The maximum Gasteiger partial charge on any atom is 0.0888 e. The second kappa shape index (κ2) is 9.22. The molecule has 152 valence electrons. The molecule has 0 saturated heterocycles. The van der Waals surface area contributed by atoms with Crippen LogP contribution in [0.1, 0.15) is 64.2 Å². The third-order valence-corrected chi connectivity index (χ3v) is 9.36. The van der Waals surface area contributed by atoms with Gasteiger partial charge in [0.05, 0.1) is 10.5 Å². The zero-order chi connectivity index (χ0) is 19.5. The van der Waals surface area contributed by atoms with Crippen LogP contribution in [0.4, 0.5) is 0 Å². The Bertz CT molecular complexity index is 877. The molecule has 1 nitrogen and oxygen atoms in total. The van der Waals surface area contributed by atoms with E-state index in [2.05, 4.69) is 82.7 Å². The first-order valence-electron chi connectivity index (χ1n) is 11.4. The summed E-state index contributed by atoms with van der Waals surface area (Å²) in [5.41, 5.74) is 4.27. The number of hydrogen-bond donors (Lipinski definition) is 0. The first-order valence-corrected chi connectivity index (χ1v) is 13.2. The number of benzene rings is 1. The second-order valence-corrected chi connectivity index (χ2v) is 11.2. The number of hydrogen-bond acceptors (Lipinski definition) is 2. The minimum absolute atomic E-state index is 0.761. The molecule has 1 aromatic carbocycles.